The molecule has 1 heterocycles. The quantitative estimate of drug-likeness (QED) is 0.872. The molecule has 2 rings (SSSR count). The van der Waals surface area contributed by atoms with Crippen LogP contribution in [-0.2, 0) is 9.84 Å². The summed E-state index contributed by atoms with van der Waals surface area (Å²) in [5, 5.41) is 2.76. The molecule has 0 aromatic heterocycles. The van der Waals surface area contributed by atoms with E-state index in [0.29, 0.717) is 30.0 Å². The van der Waals surface area contributed by atoms with Gasteiger partial charge in [0.25, 0.3) is 5.91 Å². The fraction of sp³-hybridized carbons (Fsp3) is 0.500. The summed E-state index contributed by atoms with van der Waals surface area (Å²) in [6, 6.07) is 5.09. The molecule has 0 spiro atoms. The van der Waals surface area contributed by atoms with Gasteiger partial charge in [0.1, 0.15) is 17.1 Å². The Morgan fingerprint density at radius 2 is 1.90 bits per heavy atom. The molecule has 1 aliphatic rings. The number of carbonyl (C=O) groups is 1. The molecule has 1 aromatic rings. The molecule has 1 amide bonds. The van der Waals surface area contributed by atoms with Crippen molar-refractivity contribution < 1.29 is 22.7 Å². The molecular weight excluding hydrogens is 294 g/mol. The van der Waals surface area contributed by atoms with E-state index in [4.69, 9.17) is 9.47 Å². The second kappa shape index (κ2) is 6.34. The van der Waals surface area contributed by atoms with E-state index in [-0.39, 0.29) is 23.3 Å². The summed E-state index contributed by atoms with van der Waals surface area (Å²) in [5.41, 5.74) is 0.323. The molecule has 1 saturated heterocycles. The van der Waals surface area contributed by atoms with E-state index in [1.807, 2.05) is 0 Å². The van der Waals surface area contributed by atoms with Crippen molar-refractivity contribution in [3.05, 3.63) is 23.8 Å². The average Bonchev–Trinajstić information content (AvgIpc) is 2.83. The van der Waals surface area contributed by atoms with Gasteiger partial charge in [0.15, 0.2) is 9.84 Å². The van der Waals surface area contributed by atoms with Crippen LogP contribution in [-0.4, -0.2) is 46.6 Å². The first-order valence-corrected chi connectivity index (χ1v) is 8.48. The number of sulfone groups is 1. The lowest BCUT2D eigenvalue weighted by Gasteiger charge is -2.14. The number of ether oxygens (including phenoxy) is 2. The van der Waals surface area contributed by atoms with Crippen LogP contribution in [0.3, 0.4) is 0 Å². The monoisotopic (exact) mass is 313 g/mol. The highest BCUT2D eigenvalue weighted by Gasteiger charge is 2.28. The lowest BCUT2D eigenvalue weighted by molar-refractivity contribution is 0.0942. The van der Waals surface area contributed by atoms with Gasteiger partial charge in [-0.05, 0) is 24.5 Å². The fourth-order valence-corrected chi connectivity index (χ4v) is 4.30. The van der Waals surface area contributed by atoms with Crippen LogP contribution in [0.25, 0.3) is 0 Å². The summed E-state index contributed by atoms with van der Waals surface area (Å²) >= 11 is 0. The zero-order valence-electron chi connectivity index (χ0n) is 12.1. The molecule has 0 saturated carbocycles. The molecule has 1 aliphatic heterocycles. The molecule has 116 valence electrons. The van der Waals surface area contributed by atoms with Crippen molar-refractivity contribution in [1.82, 2.24) is 5.32 Å². The smallest absolute Gasteiger partial charge is 0.258 e. The van der Waals surface area contributed by atoms with Crippen LogP contribution in [0, 0.1) is 5.92 Å². The first-order chi connectivity index (χ1) is 9.96. The molecule has 21 heavy (non-hydrogen) atoms. The first kappa shape index (κ1) is 15.6. The molecule has 1 atom stereocenters. The summed E-state index contributed by atoms with van der Waals surface area (Å²) < 4.78 is 33.2. The van der Waals surface area contributed by atoms with Crippen LogP contribution in [0.2, 0.25) is 0 Å². The van der Waals surface area contributed by atoms with Gasteiger partial charge in [-0.3, -0.25) is 4.79 Å². The third-order valence-electron chi connectivity index (χ3n) is 3.53. The van der Waals surface area contributed by atoms with Gasteiger partial charge in [-0.2, -0.15) is 0 Å². The average molecular weight is 313 g/mol. The number of methoxy groups -OCH3 is 2. The Balaban J connectivity index is 2.07. The minimum atomic E-state index is -2.93. The zero-order valence-corrected chi connectivity index (χ0v) is 12.9. The first-order valence-electron chi connectivity index (χ1n) is 6.66. The van der Waals surface area contributed by atoms with Crippen LogP contribution in [0.15, 0.2) is 18.2 Å². The van der Waals surface area contributed by atoms with Crippen molar-refractivity contribution >= 4 is 15.7 Å². The van der Waals surface area contributed by atoms with Gasteiger partial charge in [0.05, 0.1) is 25.7 Å². The van der Waals surface area contributed by atoms with E-state index in [2.05, 4.69) is 5.32 Å². The largest absolute Gasteiger partial charge is 0.496 e. The molecule has 1 aromatic carbocycles. The summed E-state index contributed by atoms with van der Waals surface area (Å²) in [7, 11) is 0.0282. The Labute approximate surface area is 124 Å². The number of benzene rings is 1. The maximum atomic E-state index is 12.3. The Morgan fingerprint density at radius 1 is 1.29 bits per heavy atom. The van der Waals surface area contributed by atoms with Gasteiger partial charge in [0, 0.05) is 6.54 Å². The maximum absolute atomic E-state index is 12.3. The van der Waals surface area contributed by atoms with E-state index < -0.39 is 9.84 Å². The second-order valence-corrected chi connectivity index (χ2v) is 7.25. The number of hydrogen-bond donors (Lipinski definition) is 1. The highest BCUT2D eigenvalue weighted by Crippen LogP contribution is 2.28. The summed E-state index contributed by atoms with van der Waals surface area (Å²) in [6.07, 6.45) is 0.589. The summed E-state index contributed by atoms with van der Waals surface area (Å²) in [6.45, 7) is 0.333. The SMILES string of the molecule is COc1cccc(OC)c1C(=O)NCC1CCS(=O)(=O)C1. The van der Waals surface area contributed by atoms with Gasteiger partial charge in [0.2, 0.25) is 0 Å². The summed E-state index contributed by atoms with van der Waals surface area (Å²) in [5.74, 6) is 0.826. The van der Waals surface area contributed by atoms with Crippen molar-refractivity contribution in [2.75, 3.05) is 32.3 Å². The van der Waals surface area contributed by atoms with Gasteiger partial charge in [-0.1, -0.05) is 6.07 Å². The molecule has 0 aliphatic carbocycles. The van der Waals surface area contributed by atoms with Crippen molar-refractivity contribution in [1.29, 1.82) is 0 Å². The number of rotatable bonds is 5. The van der Waals surface area contributed by atoms with Crippen molar-refractivity contribution in [2.45, 2.75) is 6.42 Å². The van der Waals surface area contributed by atoms with Crippen molar-refractivity contribution in [3.8, 4) is 11.5 Å². The number of amides is 1. The minimum absolute atomic E-state index is 0.0281. The van der Waals surface area contributed by atoms with Crippen molar-refractivity contribution in [2.24, 2.45) is 5.92 Å². The maximum Gasteiger partial charge on any atom is 0.258 e. The van der Waals surface area contributed by atoms with Crippen molar-refractivity contribution in [3.63, 3.8) is 0 Å². The molecule has 1 N–H and O–H groups in total. The molecule has 1 unspecified atom stereocenters. The normalized spacial score (nSPS) is 20.0. The number of nitrogens with one attached hydrogen (secondary N) is 1. The molecule has 6 nitrogen and oxygen atoms in total. The molecule has 1 fully saturated rings. The number of carbonyl (C=O) groups excluding carboxylic acids is 1. The van der Waals surface area contributed by atoms with Gasteiger partial charge < -0.3 is 14.8 Å². The van der Waals surface area contributed by atoms with Gasteiger partial charge in [-0.15, -0.1) is 0 Å². The van der Waals surface area contributed by atoms with E-state index in [9.17, 15) is 13.2 Å². The third-order valence-corrected chi connectivity index (χ3v) is 5.37. The van der Waals surface area contributed by atoms with Crippen LogP contribution >= 0.6 is 0 Å². The van der Waals surface area contributed by atoms with Crippen LogP contribution < -0.4 is 14.8 Å². The zero-order chi connectivity index (χ0) is 15.5. The highest BCUT2D eigenvalue weighted by atomic mass is 32.2. The minimum Gasteiger partial charge on any atom is -0.496 e. The van der Waals surface area contributed by atoms with E-state index in [0.717, 1.165) is 0 Å². The predicted molar refractivity (Wildman–Crippen MR) is 78.6 cm³/mol. The molecule has 0 bridgehead atoms. The van der Waals surface area contributed by atoms with Crippen LogP contribution in [0.4, 0.5) is 0 Å². The lowest BCUT2D eigenvalue weighted by atomic mass is 10.1. The van der Waals surface area contributed by atoms with E-state index in [1.165, 1.54) is 14.2 Å². The Kier molecular flexibility index (Phi) is 4.72. The third kappa shape index (κ3) is 3.66. The van der Waals surface area contributed by atoms with Crippen LogP contribution in [0.5, 0.6) is 11.5 Å². The Morgan fingerprint density at radius 3 is 2.38 bits per heavy atom. The molecular formula is C14H19NO5S. The highest BCUT2D eigenvalue weighted by molar-refractivity contribution is 7.91. The molecule has 0 radical (unpaired) electrons. The van der Waals surface area contributed by atoms with E-state index in [1.54, 1.807) is 18.2 Å². The van der Waals surface area contributed by atoms with Crippen LogP contribution in [0.1, 0.15) is 16.8 Å². The standard InChI is InChI=1S/C14H19NO5S/c1-19-11-4-3-5-12(20-2)13(11)14(16)15-8-10-6-7-21(17,18)9-10/h3-5,10H,6-9H2,1-2H3,(H,15,16). The fourth-order valence-electron chi connectivity index (χ4n) is 2.43. The topological polar surface area (TPSA) is 81.7 Å². The van der Waals surface area contributed by atoms with E-state index >= 15 is 0 Å². The predicted octanol–water partition coefficient (Wildman–Crippen LogP) is 0.868. The Bertz CT molecular complexity index is 604. The van der Waals surface area contributed by atoms with Gasteiger partial charge in [-0.25, -0.2) is 8.42 Å². The number of hydrogen-bond acceptors (Lipinski definition) is 5. The summed E-state index contributed by atoms with van der Waals surface area (Å²) in [4.78, 5) is 12.3. The molecule has 7 heteroatoms. The van der Waals surface area contributed by atoms with Gasteiger partial charge >= 0.3 is 0 Å². The second-order valence-electron chi connectivity index (χ2n) is 5.02. The Hall–Kier alpha value is -1.76. The lowest BCUT2D eigenvalue weighted by Crippen LogP contribution is -2.30.